The maximum atomic E-state index is 10.8. The summed E-state index contributed by atoms with van der Waals surface area (Å²) in [4.78, 5) is 15.0. The molecule has 21 heavy (non-hydrogen) atoms. The Balaban J connectivity index is 1.91. The second kappa shape index (κ2) is 7.51. The zero-order valence-corrected chi connectivity index (χ0v) is 11.6. The molecule has 0 aliphatic carbocycles. The Morgan fingerprint density at radius 3 is 2.67 bits per heavy atom. The molecule has 0 amide bonds. The number of carbonyl (C=O) groups is 1. The van der Waals surface area contributed by atoms with E-state index in [9.17, 15) is 4.79 Å². The normalized spacial score (nSPS) is 10.7. The van der Waals surface area contributed by atoms with E-state index < -0.39 is 5.97 Å². The molecule has 1 aromatic carbocycles. The first kappa shape index (κ1) is 15.1. The van der Waals surface area contributed by atoms with Crippen molar-refractivity contribution in [2.24, 2.45) is 0 Å². The summed E-state index contributed by atoms with van der Waals surface area (Å²) in [6.45, 7) is 1.56. The second-order valence-electron chi connectivity index (χ2n) is 4.25. The maximum absolute atomic E-state index is 10.8. The number of carboxylic acid groups (broad SMARTS) is 1. The Hall–Kier alpha value is -2.25. The van der Waals surface area contributed by atoms with Gasteiger partial charge in [-0.05, 0) is 24.3 Å². The summed E-state index contributed by atoms with van der Waals surface area (Å²) in [5.41, 5.74) is 0.893. The minimum absolute atomic E-state index is 0.213. The van der Waals surface area contributed by atoms with Crippen LogP contribution in [-0.2, 0) is 15.9 Å². The first-order valence-electron chi connectivity index (χ1n) is 6.43. The molecule has 0 unspecified atom stereocenters. The summed E-state index contributed by atoms with van der Waals surface area (Å²) in [5.74, 6) is -0.0652. The molecule has 0 aliphatic rings. The minimum Gasteiger partial charge on any atom is -0.478 e. The fourth-order valence-corrected chi connectivity index (χ4v) is 1.64. The second-order valence-corrected chi connectivity index (χ2v) is 4.25. The van der Waals surface area contributed by atoms with Crippen LogP contribution >= 0.6 is 0 Å². The van der Waals surface area contributed by atoms with Crippen LogP contribution in [0.2, 0.25) is 0 Å². The molecule has 112 valence electrons. The number of ether oxygens (including phenoxy) is 2. The maximum Gasteiger partial charge on any atom is 0.335 e. The number of methoxy groups -OCH3 is 1. The van der Waals surface area contributed by atoms with E-state index in [1.807, 2.05) is 0 Å². The molecule has 0 saturated heterocycles. The van der Waals surface area contributed by atoms with Crippen LogP contribution in [0.5, 0.6) is 0 Å². The monoisotopic (exact) mass is 292 g/mol. The predicted octanol–water partition coefficient (Wildman–Crippen LogP) is 1.64. The molecule has 0 fully saturated rings. The smallest absolute Gasteiger partial charge is 0.335 e. The molecule has 0 spiro atoms. The third-order valence-corrected chi connectivity index (χ3v) is 2.75. The third-order valence-electron chi connectivity index (χ3n) is 2.75. The van der Waals surface area contributed by atoms with Crippen LogP contribution in [0.15, 0.2) is 28.8 Å². The lowest BCUT2D eigenvalue weighted by molar-refractivity contribution is 0.0697. The average Bonchev–Trinajstić information content (AvgIpc) is 2.96. The van der Waals surface area contributed by atoms with Gasteiger partial charge >= 0.3 is 5.97 Å². The molecule has 1 N–H and O–H groups in total. The van der Waals surface area contributed by atoms with Crippen LogP contribution in [0, 0.1) is 0 Å². The standard InChI is InChI=1S/C14H16N2O5/c1-19-8-9-20-7-6-12-15-13(21-16-12)10-2-4-11(5-3-10)14(17)18/h2-5H,6-9H2,1H3,(H,17,18). The number of rotatable bonds is 8. The summed E-state index contributed by atoms with van der Waals surface area (Å²) < 4.78 is 15.3. The molecule has 0 aliphatic heterocycles. The number of benzene rings is 1. The predicted molar refractivity (Wildman–Crippen MR) is 73.1 cm³/mol. The summed E-state index contributed by atoms with van der Waals surface area (Å²) >= 11 is 0. The van der Waals surface area contributed by atoms with Crippen molar-refractivity contribution in [3.63, 3.8) is 0 Å². The number of nitrogens with zero attached hydrogens (tertiary/aromatic N) is 2. The van der Waals surface area contributed by atoms with E-state index in [1.54, 1.807) is 19.2 Å². The van der Waals surface area contributed by atoms with Crippen LogP contribution in [0.1, 0.15) is 16.2 Å². The Bertz CT molecular complexity index is 579. The quantitative estimate of drug-likeness (QED) is 0.739. The number of aromatic carboxylic acids is 1. The third kappa shape index (κ3) is 4.37. The Morgan fingerprint density at radius 2 is 2.00 bits per heavy atom. The first-order valence-corrected chi connectivity index (χ1v) is 6.43. The summed E-state index contributed by atoms with van der Waals surface area (Å²) in [6, 6.07) is 6.26. The van der Waals surface area contributed by atoms with Crippen molar-refractivity contribution in [3.05, 3.63) is 35.7 Å². The highest BCUT2D eigenvalue weighted by Crippen LogP contribution is 2.17. The van der Waals surface area contributed by atoms with Gasteiger partial charge in [0.05, 0.1) is 25.4 Å². The van der Waals surface area contributed by atoms with Crippen molar-refractivity contribution in [2.75, 3.05) is 26.9 Å². The van der Waals surface area contributed by atoms with Crippen molar-refractivity contribution in [2.45, 2.75) is 6.42 Å². The zero-order chi connectivity index (χ0) is 15.1. The first-order chi connectivity index (χ1) is 10.2. The van der Waals surface area contributed by atoms with Crippen molar-refractivity contribution in [1.82, 2.24) is 10.1 Å². The Kier molecular flexibility index (Phi) is 5.42. The Labute approximate surface area is 121 Å². The van der Waals surface area contributed by atoms with Crippen molar-refractivity contribution in [3.8, 4) is 11.5 Å². The van der Waals surface area contributed by atoms with Gasteiger partial charge in [-0.3, -0.25) is 0 Å². The van der Waals surface area contributed by atoms with E-state index in [0.717, 1.165) is 0 Å². The van der Waals surface area contributed by atoms with Gasteiger partial charge in [-0.25, -0.2) is 4.79 Å². The van der Waals surface area contributed by atoms with Gasteiger partial charge in [-0.1, -0.05) is 5.16 Å². The van der Waals surface area contributed by atoms with Crippen LogP contribution in [0.4, 0.5) is 0 Å². The van der Waals surface area contributed by atoms with E-state index in [2.05, 4.69) is 10.1 Å². The topological polar surface area (TPSA) is 94.7 Å². The van der Waals surface area contributed by atoms with E-state index in [-0.39, 0.29) is 5.56 Å². The van der Waals surface area contributed by atoms with Crippen LogP contribution in [0.25, 0.3) is 11.5 Å². The highest BCUT2D eigenvalue weighted by atomic mass is 16.5. The molecule has 2 rings (SSSR count). The highest BCUT2D eigenvalue weighted by molar-refractivity contribution is 5.88. The van der Waals surface area contributed by atoms with E-state index in [4.69, 9.17) is 19.1 Å². The molecule has 0 atom stereocenters. The molecule has 0 bridgehead atoms. The molecular formula is C14H16N2O5. The zero-order valence-electron chi connectivity index (χ0n) is 11.6. The SMILES string of the molecule is COCCOCCc1noc(-c2ccc(C(=O)O)cc2)n1. The number of hydrogen-bond donors (Lipinski definition) is 1. The van der Waals surface area contributed by atoms with E-state index in [0.29, 0.717) is 43.5 Å². The van der Waals surface area contributed by atoms with Crippen LogP contribution in [0.3, 0.4) is 0 Å². The fourth-order valence-electron chi connectivity index (χ4n) is 1.64. The summed E-state index contributed by atoms with van der Waals surface area (Å²) in [5, 5.41) is 12.7. The summed E-state index contributed by atoms with van der Waals surface area (Å²) in [7, 11) is 1.62. The van der Waals surface area contributed by atoms with Gasteiger partial charge in [0, 0.05) is 19.1 Å². The Morgan fingerprint density at radius 1 is 1.24 bits per heavy atom. The van der Waals surface area contributed by atoms with Crippen LogP contribution in [-0.4, -0.2) is 48.1 Å². The lowest BCUT2D eigenvalue weighted by Gasteiger charge is -2.00. The highest BCUT2D eigenvalue weighted by Gasteiger charge is 2.10. The minimum atomic E-state index is -0.971. The van der Waals surface area contributed by atoms with Gasteiger partial charge in [0.25, 0.3) is 5.89 Å². The molecule has 1 aromatic heterocycles. The molecule has 7 nitrogen and oxygen atoms in total. The number of aromatic nitrogens is 2. The molecule has 0 radical (unpaired) electrons. The fraction of sp³-hybridized carbons (Fsp3) is 0.357. The van der Waals surface area contributed by atoms with Crippen molar-refractivity contribution in [1.29, 1.82) is 0 Å². The largest absolute Gasteiger partial charge is 0.478 e. The van der Waals surface area contributed by atoms with E-state index >= 15 is 0 Å². The van der Waals surface area contributed by atoms with Crippen molar-refractivity contribution < 1.29 is 23.9 Å². The lowest BCUT2D eigenvalue weighted by Crippen LogP contribution is -2.05. The van der Waals surface area contributed by atoms with Crippen molar-refractivity contribution >= 4 is 5.97 Å². The van der Waals surface area contributed by atoms with Gasteiger partial charge in [0.1, 0.15) is 0 Å². The molecular weight excluding hydrogens is 276 g/mol. The van der Waals surface area contributed by atoms with Crippen LogP contribution < -0.4 is 0 Å². The van der Waals surface area contributed by atoms with Gasteiger partial charge < -0.3 is 19.1 Å². The van der Waals surface area contributed by atoms with Gasteiger partial charge in [0.15, 0.2) is 5.82 Å². The number of hydrogen-bond acceptors (Lipinski definition) is 6. The molecule has 0 saturated carbocycles. The average molecular weight is 292 g/mol. The summed E-state index contributed by atoms with van der Waals surface area (Å²) in [6.07, 6.45) is 0.542. The number of carboxylic acids is 1. The lowest BCUT2D eigenvalue weighted by atomic mass is 10.1. The van der Waals surface area contributed by atoms with Gasteiger partial charge in [-0.15, -0.1) is 0 Å². The molecule has 2 aromatic rings. The molecule has 7 heteroatoms. The van der Waals surface area contributed by atoms with E-state index in [1.165, 1.54) is 12.1 Å². The van der Waals surface area contributed by atoms with Gasteiger partial charge in [0.2, 0.25) is 0 Å². The molecule has 1 heterocycles. The van der Waals surface area contributed by atoms with Gasteiger partial charge in [-0.2, -0.15) is 4.98 Å².